The molecule has 0 saturated carbocycles. The van der Waals surface area contributed by atoms with Crippen LogP contribution >= 0.6 is 45.4 Å². The Morgan fingerprint density at radius 3 is 0.872 bits per heavy atom. The number of carbonyl (C=O) groups excluding carboxylic acids is 3. The Hall–Kier alpha value is -6.56. The number of rotatable bonds is 9. The Morgan fingerprint density at radius 2 is 0.569 bits per heavy atom. The van der Waals surface area contributed by atoms with E-state index < -0.39 is 7.12 Å². The zero-order chi connectivity index (χ0) is 75.5. The summed E-state index contributed by atoms with van der Waals surface area (Å²) in [7, 11) is 16.1. The fourth-order valence-corrected chi connectivity index (χ4v) is 33.6. The lowest BCUT2D eigenvalue weighted by atomic mass is 9.78. The highest BCUT2D eigenvalue weighted by Gasteiger charge is 2.51. The molecule has 4 N–H and O–H groups in total. The molecular weight excluding hydrogens is 1790 g/mol. The van der Waals surface area contributed by atoms with E-state index in [2.05, 4.69) is 206 Å². The largest absolute Gasteiger partial charge is 0.494 e. The smallest absolute Gasteiger partial charge is 0.399 e. The van der Waals surface area contributed by atoms with Crippen molar-refractivity contribution >= 4 is 305 Å². The van der Waals surface area contributed by atoms with Crippen molar-refractivity contribution < 1.29 is 23.7 Å². The maximum absolute atomic E-state index is 13.3. The molecule has 548 valence electrons. The summed E-state index contributed by atoms with van der Waals surface area (Å²) in [6.07, 6.45) is 0. The minimum Gasteiger partial charge on any atom is -0.399 e. The monoisotopic (exact) mass is 1850 g/mol. The molecule has 1 aliphatic heterocycles. The molecule has 4 aromatic heterocycles. The van der Waals surface area contributed by atoms with Crippen molar-refractivity contribution in [1.29, 1.82) is 0 Å². The summed E-state index contributed by atoms with van der Waals surface area (Å²) >= 11 is 26.0. The van der Waals surface area contributed by atoms with Gasteiger partial charge in [-0.3, -0.25) is 14.4 Å². The molecule has 0 radical (unpaired) electrons. The summed E-state index contributed by atoms with van der Waals surface area (Å²) in [6, 6.07) is 85.0. The van der Waals surface area contributed by atoms with E-state index >= 15 is 0 Å². The normalized spacial score (nSPS) is 12.4. The number of ketones is 3. The molecule has 109 heavy (non-hydrogen) atoms. The molecule has 1 fully saturated rings. The van der Waals surface area contributed by atoms with Crippen LogP contribution in [0.25, 0.3) is 109 Å². The van der Waals surface area contributed by atoms with Gasteiger partial charge < -0.3 is 29.2 Å². The average Bonchev–Trinajstić information content (AvgIpc) is 1.56. The van der Waals surface area contributed by atoms with Gasteiger partial charge in [0.05, 0.1) is 42.2 Å². The number of halogens is 2. The van der Waals surface area contributed by atoms with E-state index in [-0.39, 0.29) is 42.0 Å². The maximum atomic E-state index is 13.3. The van der Waals surface area contributed by atoms with Gasteiger partial charge in [-0.25, -0.2) is 0 Å². The Bertz CT molecular complexity index is 6350. The van der Waals surface area contributed by atoms with Gasteiger partial charge in [0.2, 0.25) is 0 Å². The first-order chi connectivity index (χ1) is 52.5. The summed E-state index contributed by atoms with van der Waals surface area (Å²) in [6.45, 7) is 8.11. The van der Waals surface area contributed by atoms with Crippen LogP contribution in [0.15, 0.2) is 270 Å². The SMILES string of the molecule is Brc1c2[nH]c3ccccc3c2c(Br)c2[nH]c3ccccc3c12.CC1(C)OB(c2ccc(C(=O)c3ccccc3)cc2)OC1(C)C.O=C(c1ccccc1)c1ccc(-c2c3[nH]c4ccccc4c3c(-c3ccc(C(=O)c4ccccc4)cc3)c3[nH]c4ccccc4c23)cc1.S.S=S=S=S=S=S=S.S=S=S=S=S=S=S=S. The molecule has 0 unspecified atom stereocenters. The number of hydrogen-bond acceptors (Lipinski definition) is 9. The molecule has 0 spiro atoms. The fraction of sp³-hybridized carbons (Fsp3) is 0.0741. The second kappa shape index (κ2) is 37.8. The second-order valence-electron chi connectivity index (χ2n) is 25.3. The van der Waals surface area contributed by atoms with Gasteiger partial charge in [0, 0.05) is 252 Å². The zero-order valence-electron chi connectivity index (χ0n) is 57.8. The molecule has 0 amide bonds. The van der Waals surface area contributed by atoms with E-state index in [0.717, 1.165) is 102 Å². The van der Waals surface area contributed by atoms with Crippen LogP contribution < -0.4 is 5.46 Å². The van der Waals surface area contributed by atoms with Gasteiger partial charge in [-0.05, 0) is 100 Å². The highest BCUT2D eigenvalue weighted by Crippen LogP contribution is 2.49. The molecule has 12 aromatic carbocycles. The van der Waals surface area contributed by atoms with Crippen LogP contribution in [0.3, 0.4) is 0 Å². The summed E-state index contributed by atoms with van der Waals surface area (Å²) in [5.41, 5.74) is 17.1. The van der Waals surface area contributed by atoms with Crippen molar-refractivity contribution in [2.24, 2.45) is 0 Å². The number of para-hydroxylation sites is 4. The highest BCUT2D eigenvalue weighted by atomic mass is 79.9. The summed E-state index contributed by atoms with van der Waals surface area (Å²) in [4.78, 5) is 53.6. The summed E-state index contributed by atoms with van der Waals surface area (Å²) < 4.78 is 14.3. The van der Waals surface area contributed by atoms with Crippen LogP contribution in [0.5, 0.6) is 0 Å². The third-order valence-electron chi connectivity index (χ3n) is 18.6. The Labute approximate surface area is 704 Å². The standard InChI is InChI=1S/C44H28N2O2.C19H21BO3.C18H10Br2N2.S8.S7.H2S/c47-43(29-11-3-1-4-12-29)31-23-19-27(20-24-31)37-39-33-15-7-9-17-35(33)46-42(39)38(40-34-16-8-10-18-36(34)45-41(37)40)28-21-25-32(26-22-28)44(48)30-13-5-2-6-14-30;1-18(2)19(3,4)23-20(22-18)16-12-10-15(11-13-16)17(21)14-8-6-5-7-9-14;19-15-13-9-5-1-3-7-11(9)21-17(13)16(20)14-10-6-2-4-8-12(10)22-18(14)15;1-3-5-7-8-6-4-2;1-3-5-7-6-4-2;/h1-26,45-46H;5-13H,1-4H3;1-8,21-22H;;;1H2. The topological polar surface area (TPSA) is 133 Å². The highest BCUT2D eigenvalue weighted by molar-refractivity contribution is 9.11. The molecule has 1 aliphatic rings. The fourth-order valence-electron chi connectivity index (χ4n) is 13.0. The van der Waals surface area contributed by atoms with E-state index in [1.807, 2.05) is 179 Å². The Morgan fingerprint density at radius 1 is 0.321 bits per heavy atom. The van der Waals surface area contributed by atoms with E-state index in [1.165, 1.54) is 57.1 Å². The summed E-state index contributed by atoms with van der Waals surface area (Å²) in [5, 5.41) is 9.31. The number of nitrogens with one attached hydrogen (secondary N) is 4. The van der Waals surface area contributed by atoms with Crippen molar-refractivity contribution in [2.45, 2.75) is 38.9 Å². The van der Waals surface area contributed by atoms with Gasteiger partial charge in [-0.15, -0.1) is 0 Å². The molecule has 17 rings (SSSR count). The predicted octanol–water partition coefficient (Wildman–Crippen LogP) is 20.5. The first-order valence-corrected chi connectivity index (χ1v) is 52.0. The molecule has 28 heteroatoms. The van der Waals surface area contributed by atoms with Gasteiger partial charge in [0.1, 0.15) is 0 Å². The van der Waals surface area contributed by atoms with E-state index in [4.69, 9.17) is 9.31 Å². The van der Waals surface area contributed by atoms with Crippen LogP contribution in [0.4, 0.5) is 0 Å². The van der Waals surface area contributed by atoms with Crippen molar-refractivity contribution in [3.63, 3.8) is 0 Å². The number of benzene rings is 12. The molecule has 9 nitrogen and oxygen atoms in total. The Balaban J connectivity index is 0.000000151. The molecule has 16 aromatic rings. The number of H-pyrrole nitrogens is 4. The van der Waals surface area contributed by atoms with Gasteiger partial charge >= 0.3 is 7.12 Å². The predicted molar refractivity (Wildman–Crippen MR) is 509 cm³/mol. The lowest BCUT2D eigenvalue weighted by molar-refractivity contribution is 0.00578. The Kier molecular flexibility index (Phi) is 28.4. The van der Waals surface area contributed by atoms with Gasteiger partial charge in [-0.2, -0.15) is 13.5 Å². The third kappa shape index (κ3) is 18.1. The van der Waals surface area contributed by atoms with Crippen LogP contribution in [0.2, 0.25) is 0 Å². The van der Waals surface area contributed by atoms with Crippen LogP contribution in [0.1, 0.15) is 75.5 Å². The maximum Gasteiger partial charge on any atom is 0.494 e. The lowest BCUT2D eigenvalue weighted by Crippen LogP contribution is -2.41. The van der Waals surface area contributed by atoms with Crippen LogP contribution in [-0.2, 0) is 152 Å². The number of aromatic nitrogens is 4. The van der Waals surface area contributed by atoms with Crippen molar-refractivity contribution in [3.8, 4) is 22.3 Å². The minimum absolute atomic E-state index is 0. The molecule has 0 aliphatic carbocycles. The molecule has 1 saturated heterocycles. The number of hydrogen-bond donors (Lipinski definition) is 4. The minimum atomic E-state index is -0.402. The number of fused-ring (bicyclic) bond motifs is 12. The van der Waals surface area contributed by atoms with Crippen molar-refractivity contribution in [3.05, 3.63) is 303 Å². The second-order valence-corrected chi connectivity index (χ2v) is 46.3. The average molecular weight is 1850 g/mol. The first kappa shape index (κ1) is 81.9. The van der Waals surface area contributed by atoms with E-state index in [0.29, 0.717) is 33.4 Å². The third-order valence-corrected chi connectivity index (χ3v) is 40.2. The van der Waals surface area contributed by atoms with Gasteiger partial charge in [0.25, 0.3) is 0 Å². The first-order valence-electron chi connectivity index (χ1n) is 33.1. The van der Waals surface area contributed by atoms with Crippen LogP contribution in [-0.4, -0.2) is 55.6 Å². The van der Waals surface area contributed by atoms with Crippen molar-refractivity contribution in [2.75, 3.05) is 0 Å². The molecule has 0 bridgehead atoms. The molecular formula is C81H61BBr2N4O5S16. The van der Waals surface area contributed by atoms with Gasteiger partial charge in [-0.1, -0.05) is 237 Å². The molecule has 0 atom stereocenters. The summed E-state index contributed by atoms with van der Waals surface area (Å²) in [5.74, 6) is 0.0189. The molecule has 5 heterocycles. The van der Waals surface area contributed by atoms with E-state index in [1.54, 1.807) is 62.2 Å². The van der Waals surface area contributed by atoms with Gasteiger partial charge in [0.15, 0.2) is 17.3 Å². The zero-order valence-corrected chi connectivity index (χ0v) is 74.2. The van der Waals surface area contributed by atoms with Crippen LogP contribution in [0, 0.1) is 0 Å². The quantitative estimate of drug-likeness (QED) is 0.0824. The lowest BCUT2D eigenvalue weighted by Gasteiger charge is -2.32. The van der Waals surface area contributed by atoms with Crippen molar-refractivity contribution in [1.82, 2.24) is 19.9 Å². The van der Waals surface area contributed by atoms with E-state index in [9.17, 15) is 14.4 Å². The number of carbonyl (C=O) groups is 3. The number of aromatic amines is 4.